The van der Waals surface area contributed by atoms with Crippen molar-refractivity contribution in [1.29, 1.82) is 0 Å². The van der Waals surface area contributed by atoms with Crippen molar-refractivity contribution in [3.63, 3.8) is 0 Å². The molecule has 126 valence electrons. The first-order valence-electron chi connectivity index (χ1n) is 7.69. The molecule has 4 nitrogen and oxygen atoms in total. The minimum Gasteiger partial charge on any atom is -0.547 e. The molecule has 0 aromatic rings. The van der Waals surface area contributed by atoms with E-state index in [1.807, 2.05) is 19.6 Å². The Kier molecular flexibility index (Phi) is 7.42. The molecule has 0 heterocycles. The van der Waals surface area contributed by atoms with Crippen molar-refractivity contribution >= 4 is 25.7 Å². The quantitative estimate of drug-likeness (QED) is 0.366. The molecule has 0 rings (SSSR count). The molecule has 0 saturated carbocycles. The molecule has 0 fully saturated rings. The molecule has 0 amide bonds. The maximum Gasteiger partial charge on any atom is 0.241 e. The van der Waals surface area contributed by atoms with Gasteiger partial charge in [0.2, 0.25) is 8.32 Å². The fourth-order valence-corrected chi connectivity index (χ4v) is 2.99. The van der Waals surface area contributed by atoms with Gasteiger partial charge in [-0.05, 0) is 26.6 Å². The number of hydrogen-bond donors (Lipinski definition) is 0. The standard InChI is InChI=1S/C17H30O4Si/c1-12(21-22(6,7)8)11-14(18)9-10-15(19)13(2)16(20)17(3,4)5/h13H,1,9-11H2,2-8H3. The number of allylic oxidation sites excluding steroid dienone is 1. The van der Waals surface area contributed by atoms with Crippen LogP contribution in [0.15, 0.2) is 12.3 Å². The second kappa shape index (κ2) is 7.86. The molecular weight excluding hydrogens is 296 g/mol. The van der Waals surface area contributed by atoms with E-state index in [0.29, 0.717) is 5.76 Å². The molecule has 0 aliphatic rings. The third-order valence-corrected chi connectivity index (χ3v) is 4.01. The first kappa shape index (κ1) is 20.8. The van der Waals surface area contributed by atoms with Gasteiger partial charge < -0.3 is 4.43 Å². The lowest BCUT2D eigenvalue weighted by Crippen LogP contribution is -2.31. The Bertz CT molecular complexity index is 452. The molecular formula is C17H30O4Si. The van der Waals surface area contributed by atoms with Crippen molar-refractivity contribution < 1.29 is 18.8 Å². The van der Waals surface area contributed by atoms with Crippen LogP contribution in [0.25, 0.3) is 0 Å². The highest BCUT2D eigenvalue weighted by Crippen LogP contribution is 2.22. The number of Topliss-reactive ketones (excluding diaryl/α,β-unsaturated/α-hetero) is 3. The lowest BCUT2D eigenvalue weighted by molar-refractivity contribution is -0.137. The van der Waals surface area contributed by atoms with E-state index >= 15 is 0 Å². The molecule has 0 aromatic carbocycles. The van der Waals surface area contributed by atoms with Gasteiger partial charge in [-0.2, -0.15) is 0 Å². The van der Waals surface area contributed by atoms with Gasteiger partial charge in [0.05, 0.1) is 18.1 Å². The van der Waals surface area contributed by atoms with Crippen molar-refractivity contribution in [2.75, 3.05) is 0 Å². The summed E-state index contributed by atoms with van der Waals surface area (Å²) in [7, 11) is -1.75. The van der Waals surface area contributed by atoms with Gasteiger partial charge in [-0.3, -0.25) is 14.4 Å². The van der Waals surface area contributed by atoms with Gasteiger partial charge in [0.15, 0.2) is 0 Å². The van der Waals surface area contributed by atoms with Gasteiger partial charge >= 0.3 is 0 Å². The zero-order chi connectivity index (χ0) is 17.7. The molecule has 0 N–H and O–H groups in total. The van der Waals surface area contributed by atoms with Crippen LogP contribution in [0.1, 0.15) is 47.0 Å². The maximum absolute atomic E-state index is 12.0. The SMILES string of the molecule is C=C(CC(=O)CCC(=O)C(C)C(=O)C(C)(C)C)O[Si](C)(C)C. The molecule has 0 bridgehead atoms. The van der Waals surface area contributed by atoms with Crippen LogP contribution in [0.3, 0.4) is 0 Å². The topological polar surface area (TPSA) is 60.4 Å². The van der Waals surface area contributed by atoms with Crippen LogP contribution in [0.5, 0.6) is 0 Å². The van der Waals surface area contributed by atoms with Gasteiger partial charge in [0.25, 0.3) is 0 Å². The van der Waals surface area contributed by atoms with Crippen LogP contribution in [-0.2, 0) is 18.8 Å². The van der Waals surface area contributed by atoms with Crippen molar-refractivity contribution in [1.82, 2.24) is 0 Å². The fourth-order valence-electron chi connectivity index (χ4n) is 2.05. The smallest absolute Gasteiger partial charge is 0.241 e. The molecule has 5 heteroatoms. The van der Waals surface area contributed by atoms with Gasteiger partial charge in [-0.1, -0.05) is 27.4 Å². The summed E-state index contributed by atoms with van der Waals surface area (Å²) in [6.07, 6.45) is 0.371. The molecule has 1 unspecified atom stereocenters. The predicted octanol–water partition coefficient (Wildman–Crippen LogP) is 3.91. The first-order valence-corrected chi connectivity index (χ1v) is 11.1. The van der Waals surface area contributed by atoms with Crippen LogP contribution in [0, 0.1) is 11.3 Å². The predicted molar refractivity (Wildman–Crippen MR) is 91.1 cm³/mol. The molecule has 1 atom stereocenters. The highest BCUT2D eigenvalue weighted by atomic mass is 28.4. The molecule has 22 heavy (non-hydrogen) atoms. The molecule has 0 aliphatic carbocycles. The van der Waals surface area contributed by atoms with E-state index in [0.717, 1.165) is 0 Å². The highest BCUT2D eigenvalue weighted by Gasteiger charge is 2.30. The van der Waals surface area contributed by atoms with E-state index in [4.69, 9.17) is 4.43 Å². The first-order chi connectivity index (χ1) is 9.74. The maximum atomic E-state index is 12.0. The van der Waals surface area contributed by atoms with Crippen LogP contribution in [-0.4, -0.2) is 25.7 Å². The lowest BCUT2D eigenvalue weighted by Gasteiger charge is -2.21. The summed E-state index contributed by atoms with van der Waals surface area (Å²) in [4.78, 5) is 36.0. The largest absolute Gasteiger partial charge is 0.547 e. The summed E-state index contributed by atoms with van der Waals surface area (Å²) in [5, 5.41) is 0. The summed E-state index contributed by atoms with van der Waals surface area (Å²) < 4.78 is 5.63. The van der Waals surface area contributed by atoms with E-state index in [-0.39, 0.29) is 36.6 Å². The summed E-state index contributed by atoms with van der Waals surface area (Å²) in [5.41, 5.74) is -0.543. The lowest BCUT2D eigenvalue weighted by atomic mass is 9.81. The van der Waals surface area contributed by atoms with Gasteiger partial charge in [-0.15, -0.1) is 0 Å². The van der Waals surface area contributed by atoms with Gasteiger partial charge in [0.1, 0.15) is 17.3 Å². The molecule has 0 radical (unpaired) electrons. The van der Waals surface area contributed by atoms with Crippen LogP contribution in [0.4, 0.5) is 0 Å². The van der Waals surface area contributed by atoms with Crippen molar-refractivity contribution in [2.24, 2.45) is 11.3 Å². The molecule has 0 spiro atoms. The Labute approximate surface area is 135 Å². The minimum atomic E-state index is -1.75. The number of carbonyl (C=O) groups is 3. The Hall–Kier alpha value is -1.23. The van der Waals surface area contributed by atoms with Crippen molar-refractivity contribution in [3.8, 4) is 0 Å². The van der Waals surface area contributed by atoms with E-state index in [2.05, 4.69) is 6.58 Å². The Balaban J connectivity index is 4.34. The van der Waals surface area contributed by atoms with Crippen LogP contribution >= 0.6 is 0 Å². The Morgan fingerprint density at radius 1 is 1.09 bits per heavy atom. The van der Waals surface area contributed by atoms with Crippen LogP contribution in [0.2, 0.25) is 19.6 Å². The number of hydrogen-bond acceptors (Lipinski definition) is 4. The zero-order valence-corrected chi connectivity index (χ0v) is 16.0. The van der Waals surface area contributed by atoms with Crippen LogP contribution < -0.4 is 0 Å². The number of ketones is 3. The second-order valence-corrected chi connectivity index (χ2v) is 12.2. The monoisotopic (exact) mass is 326 g/mol. The summed E-state index contributed by atoms with van der Waals surface area (Å²) in [6.45, 7) is 16.8. The van der Waals surface area contributed by atoms with Crippen molar-refractivity contribution in [3.05, 3.63) is 12.3 Å². The number of rotatable bonds is 9. The average Bonchev–Trinajstić information content (AvgIpc) is 2.30. The third kappa shape index (κ3) is 8.27. The van der Waals surface area contributed by atoms with Gasteiger partial charge in [0, 0.05) is 18.3 Å². The molecule has 0 aliphatic heterocycles. The zero-order valence-electron chi connectivity index (χ0n) is 15.0. The minimum absolute atomic E-state index is 0.0768. The van der Waals surface area contributed by atoms with E-state index in [1.165, 1.54) is 0 Å². The molecule has 0 saturated heterocycles. The van der Waals surface area contributed by atoms with Gasteiger partial charge in [-0.25, -0.2) is 0 Å². The van der Waals surface area contributed by atoms with E-state index in [1.54, 1.807) is 27.7 Å². The summed E-state index contributed by atoms with van der Waals surface area (Å²) >= 11 is 0. The Morgan fingerprint density at radius 3 is 2.00 bits per heavy atom. The van der Waals surface area contributed by atoms with Crippen molar-refractivity contribution in [2.45, 2.75) is 66.6 Å². The normalized spacial score (nSPS) is 13.4. The second-order valence-electron chi connectivity index (χ2n) is 7.77. The number of carbonyl (C=O) groups excluding carboxylic acids is 3. The highest BCUT2D eigenvalue weighted by molar-refractivity contribution is 6.70. The van der Waals surface area contributed by atoms with E-state index < -0.39 is 19.7 Å². The third-order valence-electron chi connectivity index (χ3n) is 3.11. The summed E-state index contributed by atoms with van der Waals surface area (Å²) in [6, 6.07) is 0. The average molecular weight is 327 g/mol. The van der Waals surface area contributed by atoms with E-state index in [9.17, 15) is 14.4 Å². The molecule has 0 aromatic heterocycles. The fraction of sp³-hybridized carbons (Fsp3) is 0.706. The summed E-state index contributed by atoms with van der Waals surface area (Å²) in [5.74, 6) is -0.530. The Morgan fingerprint density at radius 2 is 1.59 bits per heavy atom.